The Morgan fingerprint density at radius 2 is 1.68 bits per heavy atom. The van der Waals surface area contributed by atoms with Crippen LogP contribution < -0.4 is 15.5 Å². The van der Waals surface area contributed by atoms with E-state index in [0.717, 1.165) is 61.4 Å². The zero-order valence-corrected chi connectivity index (χ0v) is 27.4. The van der Waals surface area contributed by atoms with Crippen molar-refractivity contribution in [2.45, 2.75) is 30.8 Å². The Hall–Kier alpha value is -4.05. The van der Waals surface area contributed by atoms with Gasteiger partial charge in [-0.15, -0.1) is 12.4 Å². The van der Waals surface area contributed by atoms with Crippen LogP contribution in [0, 0.1) is 0 Å². The molecule has 3 N–H and O–H groups in total. The highest BCUT2D eigenvalue weighted by Gasteiger charge is 2.32. The molecule has 6 rings (SSSR count). The van der Waals surface area contributed by atoms with Crippen LogP contribution in [0.3, 0.4) is 0 Å². The molecular weight excluding hydrogens is 648 g/mol. The predicted octanol–water partition coefficient (Wildman–Crippen LogP) is 2.96. The van der Waals surface area contributed by atoms with Crippen LogP contribution in [0.5, 0.6) is 11.5 Å². The third-order valence-corrected chi connectivity index (χ3v) is 9.77. The first kappa shape index (κ1) is 35.8. The Kier molecular flexibility index (Phi) is 13.1. The summed E-state index contributed by atoms with van der Waals surface area (Å²) < 4.78 is 42.1. The molecule has 4 aromatic rings. The van der Waals surface area contributed by atoms with Gasteiger partial charge in [-0.1, -0.05) is 18.2 Å². The molecule has 1 saturated heterocycles. The molecule has 0 bridgehead atoms. The molecule has 0 unspecified atom stereocenters. The first-order chi connectivity index (χ1) is 22.4. The second-order valence-corrected chi connectivity index (χ2v) is 12.7. The van der Waals surface area contributed by atoms with Crippen molar-refractivity contribution >= 4 is 45.7 Å². The van der Waals surface area contributed by atoms with Crippen molar-refractivity contribution in [2.75, 3.05) is 45.9 Å². The van der Waals surface area contributed by atoms with E-state index in [2.05, 4.69) is 21.3 Å². The van der Waals surface area contributed by atoms with Gasteiger partial charge in [0.1, 0.15) is 18.0 Å². The van der Waals surface area contributed by atoms with E-state index < -0.39 is 10.0 Å². The SMILES string of the molecule is Cl.O=C(Cn1c2c(c3ccccc31)CCN(S(=O)(=O)c1ccc(Oc3ccncc3)cc1)C2)NCCCN1CCOCC1.O=CNO. The number of nitrogens with zero attached hydrogens (tertiary/aromatic N) is 4. The van der Waals surface area contributed by atoms with E-state index in [9.17, 15) is 13.2 Å². The van der Waals surface area contributed by atoms with Crippen LogP contribution in [0.2, 0.25) is 0 Å². The zero-order valence-electron chi connectivity index (χ0n) is 25.8. The van der Waals surface area contributed by atoms with Gasteiger partial charge in [-0.25, -0.2) is 13.9 Å². The van der Waals surface area contributed by atoms with Crippen LogP contribution in [0.25, 0.3) is 10.9 Å². The van der Waals surface area contributed by atoms with Crippen molar-refractivity contribution < 1.29 is 32.7 Å². The molecule has 2 aromatic carbocycles. The Bertz CT molecular complexity index is 1720. The normalized spacial score (nSPS) is 15.0. The molecule has 2 amide bonds. The maximum absolute atomic E-state index is 13.7. The van der Waals surface area contributed by atoms with Gasteiger partial charge in [0.15, 0.2) is 0 Å². The number of para-hydroxylation sites is 1. The van der Waals surface area contributed by atoms with Crippen LogP contribution >= 0.6 is 12.4 Å². The van der Waals surface area contributed by atoms with Gasteiger partial charge in [0.25, 0.3) is 0 Å². The molecule has 2 aliphatic rings. The predicted molar refractivity (Wildman–Crippen MR) is 177 cm³/mol. The Morgan fingerprint density at radius 3 is 2.38 bits per heavy atom. The van der Waals surface area contributed by atoms with Gasteiger partial charge >= 0.3 is 0 Å². The van der Waals surface area contributed by atoms with Gasteiger partial charge in [-0.3, -0.25) is 24.7 Å². The third kappa shape index (κ3) is 9.06. The van der Waals surface area contributed by atoms with Crippen molar-refractivity contribution in [3.63, 3.8) is 0 Å². The van der Waals surface area contributed by atoms with E-state index in [0.29, 0.717) is 31.0 Å². The Balaban J connectivity index is 0.000000947. The summed E-state index contributed by atoms with van der Waals surface area (Å²) in [7, 11) is -3.77. The number of sulfonamides is 1. The number of benzene rings is 2. The standard InChI is InChI=1S/C31H35N5O5S.CH3NO2.ClH/c37-31(33-13-3-16-34-18-20-40-21-19-34)23-36-29-5-2-1-4-27(29)28-12-17-35(22-30(28)36)42(38,39)26-8-6-24(7-9-26)41-25-10-14-32-15-11-25;3-1-2-4;/h1-2,4-11,14-15H,3,12-13,16-23H2,(H,33,37);1,4H,(H,2,3);1H. The van der Waals surface area contributed by atoms with Crippen LogP contribution in [0.4, 0.5) is 0 Å². The van der Waals surface area contributed by atoms with Gasteiger partial charge in [0.2, 0.25) is 22.3 Å². The number of pyridine rings is 1. The van der Waals surface area contributed by atoms with Crippen molar-refractivity contribution in [1.82, 2.24) is 29.6 Å². The fraction of sp³-hybridized carbons (Fsp3) is 0.344. The van der Waals surface area contributed by atoms with Crippen molar-refractivity contribution in [1.29, 1.82) is 0 Å². The number of morpholine rings is 1. The number of hydrogen-bond acceptors (Lipinski definition) is 9. The van der Waals surface area contributed by atoms with Crippen molar-refractivity contribution in [3.05, 3.63) is 84.3 Å². The molecule has 15 heteroatoms. The number of ether oxygens (including phenoxy) is 2. The highest BCUT2D eigenvalue weighted by molar-refractivity contribution is 7.89. The first-order valence-corrected chi connectivity index (χ1v) is 16.5. The Labute approximate surface area is 279 Å². The molecule has 1 fully saturated rings. The molecule has 47 heavy (non-hydrogen) atoms. The number of hydrogen-bond donors (Lipinski definition) is 3. The smallest absolute Gasteiger partial charge is 0.243 e. The lowest BCUT2D eigenvalue weighted by Gasteiger charge is -2.28. The number of carbonyl (C=O) groups excluding carboxylic acids is 2. The summed E-state index contributed by atoms with van der Waals surface area (Å²) in [5.41, 5.74) is 4.17. The van der Waals surface area contributed by atoms with E-state index in [1.54, 1.807) is 48.8 Å². The number of amides is 2. The van der Waals surface area contributed by atoms with Gasteiger partial charge in [-0.2, -0.15) is 4.31 Å². The molecule has 2 aromatic heterocycles. The molecule has 0 radical (unpaired) electrons. The van der Waals surface area contributed by atoms with Crippen molar-refractivity contribution in [3.8, 4) is 11.5 Å². The van der Waals surface area contributed by atoms with E-state index in [1.165, 1.54) is 9.79 Å². The fourth-order valence-corrected chi connectivity index (χ4v) is 7.08. The fourth-order valence-electron chi connectivity index (χ4n) is 5.68. The van der Waals surface area contributed by atoms with Gasteiger partial charge in [-0.05, 0) is 67.4 Å². The second-order valence-electron chi connectivity index (χ2n) is 10.8. The van der Waals surface area contributed by atoms with Crippen molar-refractivity contribution in [2.24, 2.45) is 0 Å². The number of nitrogens with one attached hydrogen (secondary N) is 2. The maximum atomic E-state index is 13.7. The summed E-state index contributed by atoms with van der Waals surface area (Å²) in [6, 6.07) is 17.9. The molecule has 13 nitrogen and oxygen atoms in total. The quantitative estimate of drug-likeness (QED) is 0.0935. The minimum Gasteiger partial charge on any atom is -0.457 e. The minimum atomic E-state index is -3.77. The molecule has 4 heterocycles. The molecule has 0 spiro atoms. The van der Waals surface area contributed by atoms with Crippen LogP contribution in [0.15, 0.2) is 78.0 Å². The molecule has 0 aliphatic carbocycles. The lowest BCUT2D eigenvalue weighted by molar-refractivity contribution is -0.121. The van der Waals surface area contributed by atoms with Gasteiger partial charge < -0.3 is 19.4 Å². The number of halogens is 1. The number of carbonyl (C=O) groups is 2. The van der Waals surface area contributed by atoms with Gasteiger partial charge in [0, 0.05) is 55.2 Å². The number of fused-ring (bicyclic) bond motifs is 3. The van der Waals surface area contributed by atoms with E-state index >= 15 is 0 Å². The van der Waals surface area contributed by atoms with Crippen LogP contribution in [-0.2, 0) is 43.9 Å². The Morgan fingerprint density at radius 1 is 1.00 bits per heavy atom. The van der Waals surface area contributed by atoms with Gasteiger partial charge in [0.05, 0.1) is 24.7 Å². The van der Waals surface area contributed by atoms with E-state index in [-0.39, 0.29) is 42.7 Å². The lowest BCUT2D eigenvalue weighted by Crippen LogP contribution is -2.39. The lowest BCUT2D eigenvalue weighted by atomic mass is 10.0. The number of aromatic nitrogens is 2. The summed E-state index contributed by atoms with van der Waals surface area (Å²) in [5, 5.41) is 11.4. The summed E-state index contributed by atoms with van der Waals surface area (Å²) in [5.74, 6) is 1.08. The molecule has 0 atom stereocenters. The molecule has 2 aliphatic heterocycles. The summed E-state index contributed by atoms with van der Waals surface area (Å²) in [4.78, 5) is 28.4. The number of hydroxylamine groups is 1. The molecule has 0 saturated carbocycles. The summed E-state index contributed by atoms with van der Waals surface area (Å²) >= 11 is 0. The third-order valence-electron chi connectivity index (χ3n) is 7.91. The average molecular weight is 687 g/mol. The molecule has 252 valence electrons. The number of rotatable bonds is 11. The van der Waals surface area contributed by atoms with E-state index in [1.807, 2.05) is 22.8 Å². The van der Waals surface area contributed by atoms with Crippen LogP contribution in [0.1, 0.15) is 17.7 Å². The average Bonchev–Trinajstić information content (AvgIpc) is 3.40. The maximum Gasteiger partial charge on any atom is 0.243 e. The minimum absolute atomic E-state index is 0. The largest absolute Gasteiger partial charge is 0.457 e. The molecular formula is C32H39ClN6O7S. The first-order valence-electron chi connectivity index (χ1n) is 15.1. The van der Waals surface area contributed by atoms with E-state index in [4.69, 9.17) is 19.5 Å². The highest BCUT2D eigenvalue weighted by Crippen LogP contribution is 2.33. The second kappa shape index (κ2) is 17.2. The zero-order chi connectivity index (χ0) is 32.4. The highest BCUT2D eigenvalue weighted by atomic mass is 35.5. The topological polar surface area (TPSA) is 155 Å². The summed E-state index contributed by atoms with van der Waals surface area (Å²) in [6.45, 7) is 5.61. The monoisotopic (exact) mass is 686 g/mol. The summed E-state index contributed by atoms with van der Waals surface area (Å²) in [6.07, 6.45) is 4.89. The van der Waals surface area contributed by atoms with Crippen LogP contribution in [-0.4, -0.2) is 90.6 Å².